The average molecular weight is 336 g/mol. The molecular weight excluding hydrogens is 320 g/mol. The first kappa shape index (κ1) is 16.5. The Kier molecular flexibility index (Phi) is 5.59. The molecule has 2 aromatic rings. The summed E-state index contributed by atoms with van der Waals surface area (Å²) in [6.45, 7) is 0.319. The Hall–Kier alpha value is -1.83. The summed E-state index contributed by atoms with van der Waals surface area (Å²) in [6.07, 6.45) is 0. The van der Waals surface area contributed by atoms with Gasteiger partial charge in [-0.1, -0.05) is 18.2 Å². The predicted octanol–water partition coefficient (Wildman–Crippen LogP) is 1.86. The van der Waals surface area contributed by atoms with Gasteiger partial charge in [-0.05, 0) is 36.4 Å². The second-order valence-corrected chi connectivity index (χ2v) is 7.38. The Morgan fingerprint density at radius 2 is 1.68 bits per heavy atom. The van der Waals surface area contributed by atoms with Gasteiger partial charge in [0.15, 0.2) is 0 Å². The highest BCUT2D eigenvalue weighted by atomic mass is 32.2. The topological polar surface area (TPSA) is 89.3 Å². The molecule has 0 spiro atoms. The second kappa shape index (κ2) is 7.44. The van der Waals surface area contributed by atoms with Gasteiger partial charge in [0.05, 0.1) is 4.90 Å². The standard InChI is InChI=1S/C15H16N2O3S2/c16-15(18)12-6-8-14(9-7-12)22(19,20)17-10-11-21-13-4-2-1-3-5-13/h1-9,17H,10-11H2,(H2,16,18). The number of nitrogens with two attached hydrogens (primary N) is 1. The van der Waals surface area contributed by atoms with Gasteiger partial charge in [0, 0.05) is 22.8 Å². The molecule has 5 nitrogen and oxygen atoms in total. The molecule has 0 saturated carbocycles. The lowest BCUT2D eigenvalue weighted by Crippen LogP contribution is -2.26. The molecule has 0 aromatic heterocycles. The van der Waals surface area contributed by atoms with Crippen LogP contribution in [0.4, 0.5) is 0 Å². The van der Waals surface area contributed by atoms with Crippen molar-refractivity contribution >= 4 is 27.7 Å². The zero-order chi connectivity index (χ0) is 16.0. The number of hydrogen-bond donors (Lipinski definition) is 2. The Morgan fingerprint density at radius 1 is 1.05 bits per heavy atom. The van der Waals surface area contributed by atoms with Crippen LogP contribution in [0.3, 0.4) is 0 Å². The van der Waals surface area contributed by atoms with Crippen molar-refractivity contribution in [2.45, 2.75) is 9.79 Å². The van der Waals surface area contributed by atoms with Crippen molar-refractivity contribution in [2.75, 3.05) is 12.3 Å². The van der Waals surface area contributed by atoms with Crippen LogP contribution in [0.25, 0.3) is 0 Å². The quantitative estimate of drug-likeness (QED) is 0.596. The van der Waals surface area contributed by atoms with Crippen molar-refractivity contribution in [1.82, 2.24) is 4.72 Å². The number of nitrogens with one attached hydrogen (secondary N) is 1. The van der Waals surface area contributed by atoms with Gasteiger partial charge in [-0.2, -0.15) is 0 Å². The summed E-state index contributed by atoms with van der Waals surface area (Å²) in [4.78, 5) is 12.2. The first-order valence-electron chi connectivity index (χ1n) is 6.56. The summed E-state index contributed by atoms with van der Waals surface area (Å²) < 4.78 is 26.7. The first-order valence-corrected chi connectivity index (χ1v) is 9.03. The van der Waals surface area contributed by atoms with E-state index >= 15 is 0 Å². The van der Waals surface area contributed by atoms with E-state index in [0.717, 1.165) is 4.90 Å². The van der Waals surface area contributed by atoms with Crippen molar-refractivity contribution in [3.05, 3.63) is 60.2 Å². The number of carbonyl (C=O) groups excluding carboxylic acids is 1. The smallest absolute Gasteiger partial charge is 0.248 e. The van der Waals surface area contributed by atoms with Crippen LogP contribution < -0.4 is 10.5 Å². The molecule has 0 fully saturated rings. The molecule has 2 rings (SSSR count). The van der Waals surface area contributed by atoms with Gasteiger partial charge in [-0.15, -0.1) is 11.8 Å². The van der Waals surface area contributed by atoms with Gasteiger partial charge >= 0.3 is 0 Å². The van der Waals surface area contributed by atoms with Gasteiger partial charge in [0.2, 0.25) is 15.9 Å². The zero-order valence-electron chi connectivity index (χ0n) is 11.7. The van der Waals surface area contributed by atoms with Crippen LogP contribution in [-0.4, -0.2) is 26.6 Å². The van der Waals surface area contributed by atoms with Crippen LogP contribution >= 0.6 is 11.8 Å². The number of primary amides is 1. The fourth-order valence-corrected chi connectivity index (χ4v) is 3.69. The number of hydrogen-bond acceptors (Lipinski definition) is 4. The Labute approximate surface area is 134 Å². The number of thioether (sulfide) groups is 1. The summed E-state index contributed by atoms with van der Waals surface area (Å²) in [5, 5.41) is 0. The number of sulfonamides is 1. The van der Waals surface area contributed by atoms with Crippen molar-refractivity contribution in [1.29, 1.82) is 0 Å². The monoisotopic (exact) mass is 336 g/mol. The van der Waals surface area contributed by atoms with Crippen LogP contribution in [0.1, 0.15) is 10.4 Å². The third-order valence-corrected chi connectivity index (χ3v) is 5.35. The lowest BCUT2D eigenvalue weighted by molar-refractivity contribution is 0.1000. The first-order chi connectivity index (χ1) is 10.5. The Bertz CT molecular complexity index is 729. The molecule has 0 aliphatic rings. The maximum Gasteiger partial charge on any atom is 0.248 e. The molecular formula is C15H16N2O3S2. The maximum absolute atomic E-state index is 12.1. The average Bonchev–Trinajstić information content (AvgIpc) is 2.53. The lowest BCUT2D eigenvalue weighted by atomic mass is 10.2. The number of carbonyl (C=O) groups is 1. The van der Waals surface area contributed by atoms with Crippen molar-refractivity contribution in [2.24, 2.45) is 5.73 Å². The number of benzene rings is 2. The van der Waals surface area contributed by atoms with Gasteiger partial charge in [-0.3, -0.25) is 4.79 Å². The van der Waals surface area contributed by atoms with Crippen molar-refractivity contribution in [3.8, 4) is 0 Å². The molecule has 0 heterocycles. The van der Waals surface area contributed by atoms with Crippen LogP contribution in [0.5, 0.6) is 0 Å². The summed E-state index contributed by atoms with van der Waals surface area (Å²) in [5.41, 5.74) is 5.40. The molecule has 0 aliphatic heterocycles. The Balaban J connectivity index is 1.89. The molecule has 7 heteroatoms. The third-order valence-electron chi connectivity index (χ3n) is 2.86. The van der Waals surface area contributed by atoms with E-state index in [1.165, 1.54) is 24.3 Å². The fraction of sp³-hybridized carbons (Fsp3) is 0.133. The highest BCUT2D eigenvalue weighted by molar-refractivity contribution is 7.99. The molecule has 0 radical (unpaired) electrons. The maximum atomic E-state index is 12.1. The minimum Gasteiger partial charge on any atom is -0.366 e. The van der Waals surface area contributed by atoms with E-state index in [9.17, 15) is 13.2 Å². The van der Waals surface area contributed by atoms with Gasteiger partial charge in [0.1, 0.15) is 0 Å². The molecule has 22 heavy (non-hydrogen) atoms. The highest BCUT2D eigenvalue weighted by Gasteiger charge is 2.13. The lowest BCUT2D eigenvalue weighted by Gasteiger charge is -2.07. The number of rotatable bonds is 7. The molecule has 0 bridgehead atoms. The third kappa shape index (κ3) is 4.59. The van der Waals surface area contributed by atoms with Crippen LogP contribution in [0, 0.1) is 0 Å². The van der Waals surface area contributed by atoms with Crippen LogP contribution in [-0.2, 0) is 10.0 Å². The van der Waals surface area contributed by atoms with Gasteiger partial charge in [0.25, 0.3) is 0 Å². The Morgan fingerprint density at radius 3 is 2.27 bits per heavy atom. The molecule has 3 N–H and O–H groups in total. The van der Waals surface area contributed by atoms with E-state index < -0.39 is 15.9 Å². The van der Waals surface area contributed by atoms with E-state index in [0.29, 0.717) is 12.3 Å². The van der Waals surface area contributed by atoms with E-state index in [2.05, 4.69) is 4.72 Å². The van der Waals surface area contributed by atoms with E-state index in [4.69, 9.17) is 5.73 Å². The molecule has 0 saturated heterocycles. The molecule has 0 atom stereocenters. The molecule has 116 valence electrons. The summed E-state index contributed by atoms with van der Waals surface area (Å²) in [6, 6.07) is 15.3. The highest BCUT2D eigenvalue weighted by Crippen LogP contribution is 2.16. The minimum absolute atomic E-state index is 0.113. The fourth-order valence-electron chi connectivity index (χ4n) is 1.74. The normalized spacial score (nSPS) is 11.3. The number of amides is 1. The van der Waals surface area contributed by atoms with Crippen LogP contribution in [0.2, 0.25) is 0 Å². The summed E-state index contributed by atoms with van der Waals surface area (Å²) in [7, 11) is -3.57. The second-order valence-electron chi connectivity index (χ2n) is 4.45. The summed E-state index contributed by atoms with van der Waals surface area (Å²) >= 11 is 1.57. The van der Waals surface area contributed by atoms with Crippen molar-refractivity contribution in [3.63, 3.8) is 0 Å². The zero-order valence-corrected chi connectivity index (χ0v) is 13.4. The van der Waals surface area contributed by atoms with Gasteiger partial charge in [-0.25, -0.2) is 13.1 Å². The molecule has 0 unspecified atom stereocenters. The molecule has 0 aliphatic carbocycles. The van der Waals surface area contributed by atoms with E-state index in [-0.39, 0.29) is 10.5 Å². The molecule has 2 aromatic carbocycles. The van der Waals surface area contributed by atoms with E-state index in [1.54, 1.807) is 11.8 Å². The van der Waals surface area contributed by atoms with Crippen molar-refractivity contribution < 1.29 is 13.2 Å². The largest absolute Gasteiger partial charge is 0.366 e. The molecule has 1 amide bonds. The van der Waals surface area contributed by atoms with Crippen LogP contribution in [0.15, 0.2) is 64.4 Å². The van der Waals surface area contributed by atoms with E-state index in [1.807, 2.05) is 30.3 Å². The SMILES string of the molecule is NC(=O)c1ccc(S(=O)(=O)NCCSc2ccccc2)cc1. The predicted molar refractivity (Wildman–Crippen MR) is 87.3 cm³/mol. The van der Waals surface area contributed by atoms with Gasteiger partial charge < -0.3 is 5.73 Å². The summed E-state index contributed by atoms with van der Waals surface area (Å²) in [5.74, 6) is 0.0407. The minimum atomic E-state index is -3.57.